The molecule has 0 spiro atoms. The lowest BCUT2D eigenvalue weighted by atomic mass is 10.2. The Bertz CT molecular complexity index is 772. The van der Waals surface area contributed by atoms with Gasteiger partial charge in [-0.05, 0) is 26.0 Å². The lowest BCUT2D eigenvalue weighted by Gasteiger charge is -2.09. The van der Waals surface area contributed by atoms with Gasteiger partial charge in [0.15, 0.2) is 11.6 Å². The molecular weight excluding hydrogens is 297 g/mol. The van der Waals surface area contributed by atoms with Crippen LogP contribution in [0.3, 0.4) is 0 Å². The Hall–Kier alpha value is -2.81. The van der Waals surface area contributed by atoms with E-state index >= 15 is 0 Å². The molecule has 1 aromatic carbocycles. The maximum atomic E-state index is 14.3. The van der Waals surface area contributed by atoms with Gasteiger partial charge in [-0.15, -0.1) is 5.92 Å². The average molecular weight is 315 g/mol. The number of nitrogens with zero attached hydrogens (tertiary/aromatic N) is 2. The molecule has 1 N–H and O–H groups in total. The standard InChI is InChI=1S/C17H18FN3O2/c1-4-5-9-23-15-8-6-7-13(16(15)18)11-19-17(22)14-10-12(2)20-21(14)3/h6-8,10H,9,11H2,1-3H3,(H,19,22). The molecule has 0 aliphatic heterocycles. The molecule has 0 aliphatic carbocycles. The summed E-state index contributed by atoms with van der Waals surface area (Å²) in [5, 5.41) is 6.79. The van der Waals surface area contributed by atoms with Crippen molar-refractivity contribution in [1.29, 1.82) is 0 Å². The molecular formula is C17H18FN3O2. The summed E-state index contributed by atoms with van der Waals surface area (Å²) in [6, 6.07) is 6.48. The van der Waals surface area contributed by atoms with E-state index in [1.807, 2.05) is 0 Å². The maximum absolute atomic E-state index is 14.3. The predicted octanol–water partition coefficient (Wildman–Crippen LogP) is 2.20. The third-order valence-electron chi connectivity index (χ3n) is 3.19. The fraction of sp³-hybridized carbons (Fsp3) is 0.294. The number of hydrogen-bond donors (Lipinski definition) is 1. The van der Waals surface area contributed by atoms with Crippen LogP contribution in [0.25, 0.3) is 0 Å². The number of rotatable bonds is 5. The zero-order valence-corrected chi connectivity index (χ0v) is 13.3. The smallest absolute Gasteiger partial charge is 0.269 e. The number of carbonyl (C=O) groups excluding carboxylic acids is 1. The average Bonchev–Trinajstić information content (AvgIpc) is 2.86. The van der Waals surface area contributed by atoms with E-state index in [1.54, 1.807) is 39.1 Å². The van der Waals surface area contributed by atoms with Crippen molar-refractivity contribution in [2.75, 3.05) is 6.61 Å². The van der Waals surface area contributed by atoms with E-state index in [1.165, 1.54) is 10.7 Å². The summed E-state index contributed by atoms with van der Waals surface area (Å²) in [5.41, 5.74) is 1.52. The Labute approximate surface area is 134 Å². The molecule has 6 heteroatoms. The third kappa shape index (κ3) is 4.10. The van der Waals surface area contributed by atoms with E-state index in [0.29, 0.717) is 11.3 Å². The van der Waals surface area contributed by atoms with E-state index in [4.69, 9.17) is 4.74 Å². The molecule has 2 rings (SSSR count). The van der Waals surface area contributed by atoms with Gasteiger partial charge in [-0.2, -0.15) is 5.10 Å². The molecule has 0 bridgehead atoms. The first kappa shape index (κ1) is 16.6. The number of amides is 1. The summed E-state index contributed by atoms with van der Waals surface area (Å²) >= 11 is 0. The second-order valence-corrected chi connectivity index (χ2v) is 4.92. The molecule has 0 aliphatic rings. The third-order valence-corrected chi connectivity index (χ3v) is 3.19. The van der Waals surface area contributed by atoms with Gasteiger partial charge >= 0.3 is 0 Å². The van der Waals surface area contributed by atoms with E-state index in [9.17, 15) is 9.18 Å². The number of halogens is 1. The summed E-state index contributed by atoms with van der Waals surface area (Å²) < 4.78 is 21.0. The summed E-state index contributed by atoms with van der Waals surface area (Å²) in [7, 11) is 1.69. The molecule has 1 aromatic heterocycles. The van der Waals surface area contributed by atoms with Gasteiger partial charge in [-0.3, -0.25) is 9.48 Å². The molecule has 0 fully saturated rings. The molecule has 1 amide bonds. The second kappa shape index (κ2) is 7.45. The minimum atomic E-state index is -0.494. The van der Waals surface area contributed by atoms with Crippen molar-refractivity contribution < 1.29 is 13.9 Å². The molecule has 5 nitrogen and oxygen atoms in total. The quantitative estimate of drug-likeness (QED) is 0.861. The highest BCUT2D eigenvalue weighted by atomic mass is 19.1. The number of aryl methyl sites for hydroxylation is 2. The van der Waals surface area contributed by atoms with Crippen LogP contribution in [0.2, 0.25) is 0 Å². The van der Waals surface area contributed by atoms with Crippen molar-refractivity contribution >= 4 is 5.91 Å². The van der Waals surface area contributed by atoms with Gasteiger partial charge in [0.1, 0.15) is 12.3 Å². The number of carbonyl (C=O) groups is 1. The van der Waals surface area contributed by atoms with Gasteiger partial charge in [-0.25, -0.2) is 4.39 Å². The summed E-state index contributed by atoms with van der Waals surface area (Å²) in [4.78, 5) is 12.1. The van der Waals surface area contributed by atoms with Crippen molar-refractivity contribution in [2.45, 2.75) is 20.4 Å². The molecule has 0 unspecified atom stereocenters. The Kier molecular flexibility index (Phi) is 5.36. The first-order valence-corrected chi connectivity index (χ1v) is 7.11. The van der Waals surface area contributed by atoms with Crippen molar-refractivity contribution in [3.05, 3.63) is 47.0 Å². The van der Waals surface area contributed by atoms with Crippen molar-refractivity contribution in [2.24, 2.45) is 7.05 Å². The van der Waals surface area contributed by atoms with E-state index in [-0.39, 0.29) is 24.8 Å². The number of ether oxygens (including phenoxy) is 1. The summed E-state index contributed by atoms with van der Waals surface area (Å²) in [5.74, 6) is 4.70. The topological polar surface area (TPSA) is 56.1 Å². The fourth-order valence-corrected chi connectivity index (χ4v) is 2.08. The van der Waals surface area contributed by atoms with Crippen LogP contribution < -0.4 is 10.1 Å². The van der Waals surface area contributed by atoms with Crippen molar-refractivity contribution in [3.63, 3.8) is 0 Å². The van der Waals surface area contributed by atoms with Crippen LogP contribution in [0.1, 0.15) is 28.7 Å². The van der Waals surface area contributed by atoms with Crippen molar-refractivity contribution in [1.82, 2.24) is 15.1 Å². The number of benzene rings is 1. The van der Waals surface area contributed by atoms with Crippen LogP contribution in [0, 0.1) is 24.6 Å². The lowest BCUT2D eigenvalue weighted by molar-refractivity contribution is 0.0941. The molecule has 1 heterocycles. The van der Waals surface area contributed by atoms with E-state index in [2.05, 4.69) is 22.3 Å². The first-order valence-electron chi connectivity index (χ1n) is 7.11. The lowest BCUT2D eigenvalue weighted by Crippen LogP contribution is -2.25. The molecule has 0 saturated carbocycles. The van der Waals surface area contributed by atoms with Gasteiger partial charge in [0.2, 0.25) is 0 Å². The van der Waals surface area contributed by atoms with E-state index in [0.717, 1.165) is 5.69 Å². The van der Waals surface area contributed by atoms with Gasteiger partial charge in [0, 0.05) is 19.2 Å². The van der Waals surface area contributed by atoms with Crippen LogP contribution >= 0.6 is 0 Å². The Balaban J connectivity index is 2.05. The SMILES string of the molecule is CC#CCOc1cccc(CNC(=O)c2cc(C)nn2C)c1F. The molecule has 0 radical (unpaired) electrons. The highest BCUT2D eigenvalue weighted by Crippen LogP contribution is 2.20. The predicted molar refractivity (Wildman–Crippen MR) is 84.5 cm³/mol. The van der Waals surface area contributed by atoms with Crippen LogP contribution in [-0.4, -0.2) is 22.3 Å². The zero-order chi connectivity index (χ0) is 16.8. The summed E-state index contributed by atoms with van der Waals surface area (Å²) in [6.45, 7) is 3.67. The van der Waals surface area contributed by atoms with Gasteiger partial charge in [0.05, 0.1) is 5.69 Å². The number of aromatic nitrogens is 2. The Morgan fingerprint density at radius 3 is 2.91 bits per heavy atom. The highest BCUT2D eigenvalue weighted by molar-refractivity contribution is 5.92. The Morgan fingerprint density at radius 2 is 2.26 bits per heavy atom. The number of hydrogen-bond acceptors (Lipinski definition) is 3. The van der Waals surface area contributed by atoms with Crippen LogP contribution in [0.5, 0.6) is 5.75 Å². The van der Waals surface area contributed by atoms with E-state index < -0.39 is 5.82 Å². The van der Waals surface area contributed by atoms with Gasteiger partial charge < -0.3 is 10.1 Å². The van der Waals surface area contributed by atoms with Gasteiger partial charge in [0.25, 0.3) is 5.91 Å². The van der Waals surface area contributed by atoms with Crippen LogP contribution in [-0.2, 0) is 13.6 Å². The molecule has 0 saturated heterocycles. The molecule has 120 valence electrons. The van der Waals surface area contributed by atoms with Crippen LogP contribution in [0.15, 0.2) is 24.3 Å². The maximum Gasteiger partial charge on any atom is 0.269 e. The fourth-order valence-electron chi connectivity index (χ4n) is 2.08. The zero-order valence-electron chi connectivity index (χ0n) is 13.3. The molecule has 23 heavy (non-hydrogen) atoms. The van der Waals surface area contributed by atoms with Crippen molar-refractivity contribution in [3.8, 4) is 17.6 Å². The monoisotopic (exact) mass is 315 g/mol. The highest BCUT2D eigenvalue weighted by Gasteiger charge is 2.14. The van der Waals surface area contributed by atoms with Crippen LogP contribution in [0.4, 0.5) is 4.39 Å². The second-order valence-electron chi connectivity index (χ2n) is 4.92. The molecule has 2 aromatic rings. The van der Waals surface area contributed by atoms with Gasteiger partial charge in [-0.1, -0.05) is 18.1 Å². The largest absolute Gasteiger partial charge is 0.478 e. The first-order chi connectivity index (χ1) is 11.0. The molecule has 0 atom stereocenters. The normalized spacial score (nSPS) is 9.91. The minimum Gasteiger partial charge on any atom is -0.478 e. The minimum absolute atomic E-state index is 0.0611. The number of nitrogens with one attached hydrogen (secondary N) is 1. The Morgan fingerprint density at radius 1 is 1.48 bits per heavy atom. The summed E-state index contributed by atoms with van der Waals surface area (Å²) in [6.07, 6.45) is 0.